The maximum absolute atomic E-state index is 12.0. The number of hydrogen-bond donors (Lipinski definition) is 2. The molecule has 5 nitrogen and oxygen atoms in total. The quantitative estimate of drug-likeness (QED) is 0.719. The van der Waals surface area contributed by atoms with E-state index in [0.717, 1.165) is 43.9 Å². The second kappa shape index (κ2) is 9.11. The number of nitrogens with one attached hydrogen (secondary N) is 1. The third kappa shape index (κ3) is 5.06. The summed E-state index contributed by atoms with van der Waals surface area (Å²) in [4.78, 5) is 14.7. The van der Waals surface area contributed by atoms with Crippen molar-refractivity contribution in [3.8, 4) is 11.3 Å². The van der Waals surface area contributed by atoms with E-state index in [1.54, 1.807) is 13.8 Å². The summed E-state index contributed by atoms with van der Waals surface area (Å²) in [6.07, 6.45) is 11.3. The van der Waals surface area contributed by atoms with E-state index in [2.05, 4.69) is 28.4 Å². The number of carbonyl (C=O) groups excluding carboxylic acids is 1. The van der Waals surface area contributed by atoms with Crippen LogP contribution < -0.4 is 5.32 Å². The zero-order valence-corrected chi connectivity index (χ0v) is 18.4. The van der Waals surface area contributed by atoms with Crippen molar-refractivity contribution in [2.75, 3.05) is 13.1 Å². The summed E-state index contributed by atoms with van der Waals surface area (Å²) in [5, 5.41) is 12.9. The number of carbonyl (C=O) groups is 1. The van der Waals surface area contributed by atoms with Crippen LogP contribution in [0.25, 0.3) is 11.3 Å². The van der Waals surface area contributed by atoms with E-state index in [0.29, 0.717) is 6.04 Å². The summed E-state index contributed by atoms with van der Waals surface area (Å²) in [6, 6.07) is 9.18. The molecule has 0 bridgehead atoms. The molecule has 4 aliphatic rings. The highest BCUT2D eigenvalue weighted by atomic mass is 16.3. The first-order chi connectivity index (χ1) is 14.4. The van der Waals surface area contributed by atoms with Gasteiger partial charge in [-0.2, -0.15) is 0 Å². The van der Waals surface area contributed by atoms with Crippen LogP contribution in [0.3, 0.4) is 0 Å². The summed E-state index contributed by atoms with van der Waals surface area (Å²) in [5.74, 6) is 1.44. The molecule has 2 aliphatic heterocycles. The van der Waals surface area contributed by atoms with Crippen molar-refractivity contribution in [1.82, 2.24) is 10.2 Å². The first-order valence-electron chi connectivity index (χ1n) is 11.6. The zero-order valence-electron chi connectivity index (χ0n) is 18.4. The third-order valence-electron chi connectivity index (χ3n) is 7.01. The van der Waals surface area contributed by atoms with Crippen molar-refractivity contribution in [3.63, 3.8) is 0 Å². The van der Waals surface area contributed by atoms with E-state index in [1.807, 2.05) is 12.3 Å². The molecule has 1 amide bonds. The van der Waals surface area contributed by atoms with E-state index >= 15 is 0 Å². The lowest BCUT2D eigenvalue weighted by atomic mass is 9.83. The second-order valence-corrected chi connectivity index (χ2v) is 9.81. The molecule has 1 saturated carbocycles. The van der Waals surface area contributed by atoms with Crippen molar-refractivity contribution >= 4 is 5.91 Å². The van der Waals surface area contributed by atoms with E-state index in [-0.39, 0.29) is 11.9 Å². The fraction of sp³-hybridized carbons (Fsp3) is 0.640. The Kier molecular flexibility index (Phi) is 6.49. The molecule has 2 N–H and O–H groups in total. The third-order valence-corrected chi connectivity index (χ3v) is 7.01. The SMILES string of the molecule is CC(C)(O)C(=O)NC1CCC(CCN2CCCCC2c2coc3cccc-3c2)CC1. The fourth-order valence-corrected chi connectivity index (χ4v) is 5.11. The predicted octanol–water partition coefficient (Wildman–Crippen LogP) is 4.75. The summed E-state index contributed by atoms with van der Waals surface area (Å²) >= 11 is 0. The van der Waals surface area contributed by atoms with Gasteiger partial charge in [0.1, 0.15) is 11.4 Å². The summed E-state index contributed by atoms with van der Waals surface area (Å²) in [6.45, 7) is 5.40. The molecule has 4 rings (SSSR count). The molecule has 1 saturated heterocycles. The Morgan fingerprint density at radius 3 is 2.77 bits per heavy atom. The van der Waals surface area contributed by atoms with Crippen LogP contribution in [0.5, 0.6) is 0 Å². The van der Waals surface area contributed by atoms with Crippen molar-refractivity contribution in [1.29, 1.82) is 0 Å². The number of hydrogen-bond acceptors (Lipinski definition) is 4. The van der Waals surface area contributed by atoms with Crippen molar-refractivity contribution in [2.24, 2.45) is 5.92 Å². The number of amides is 1. The van der Waals surface area contributed by atoms with E-state index < -0.39 is 5.60 Å². The van der Waals surface area contributed by atoms with Crippen LogP contribution in [0.15, 0.2) is 34.9 Å². The zero-order chi connectivity index (χ0) is 21.1. The molecule has 0 spiro atoms. The lowest BCUT2D eigenvalue weighted by molar-refractivity contribution is -0.137. The van der Waals surface area contributed by atoms with Gasteiger partial charge in [0.2, 0.25) is 0 Å². The maximum Gasteiger partial charge on any atom is 0.251 e. The fourth-order valence-electron chi connectivity index (χ4n) is 5.11. The number of aliphatic hydroxyl groups is 1. The Morgan fingerprint density at radius 2 is 2.00 bits per heavy atom. The van der Waals surface area contributed by atoms with Crippen LogP contribution in [0.4, 0.5) is 0 Å². The minimum absolute atomic E-state index is 0.209. The van der Waals surface area contributed by atoms with Gasteiger partial charge < -0.3 is 14.8 Å². The lowest BCUT2D eigenvalue weighted by Crippen LogP contribution is -2.47. The van der Waals surface area contributed by atoms with Gasteiger partial charge in [0.05, 0.1) is 6.26 Å². The molecule has 0 aromatic heterocycles. The Hall–Kier alpha value is -1.85. The summed E-state index contributed by atoms with van der Waals surface area (Å²) in [5.41, 5.74) is 1.22. The lowest BCUT2D eigenvalue weighted by Gasteiger charge is -2.37. The van der Waals surface area contributed by atoms with Crippen LogP contribution >= 0.6 is 0 Å². The predicted molar refractivity (Wildman–Crippen MR) is 118 cm³/mol. The van der Waals surface area contributed by atoms with Gasteiger partial charge in [-0.3, -0.25) is 9.69 Å². The number of rotatable bonds is 6. The highest BCUT2D eigenvalue weighted by Gasteiger charge is 2.30. The highest BCUT2D eigenvalue weighted by Crippen LogP contribution is 2.36. The van der Waals surface area contributed by atoms with Gasteiger partial charge in [-0.1, -0.05) is 18.6 Å². The molecule has 164 valence electrons. The molecule has 0 aromatic rings. The number of piperidine rings is 1. The molecule has 1 unspecified atom stereocenters. The summed E-state index contributed by atoms with van der Waals surface area (Å²) in [7, 11) is 0. The van der Waals surface area contributed by atoms with Crippen molar-refractivity contribution < 1.29 is 14.3 Å². The molecule has 0 aromatic carbocycles. The molecule has 5 heteroatoms. The minimum Gasteiger partial charge on any atom is -0.464 e. The summed E-state index contributed by atoms with van der Waals surface area (Å²) < 4.78 is 5.87. The van der Waals surface area contributed by atoms with E-state index in [9.17, 15) is 9.90 Å². The standard InChI is InChI=1S/C25H36N2O3/c1-25(2,29)24(28)26-21-11-9-18(10-12-21)13-15-27-14-4-3-7-22(27)20-16-19-6-5-8-23(19)30-17-20/h5-6,8,16-18,21-22,29H,3-4,7,9-15H2,1-2H3,(H,26,28). The molecule has 2 heterocycles. The number of nitrogens with zero attached hydrogens (tertiary/aromatic N) is 1. The van der Waals surface area contributed by atoms with Gasteiger partial charge in [0.25, 0.3) is 5.91 Å². The Labute approximate surface area is 180 Å². The molecule has 30 heavy (non-hydrogen) atoms. The van der Waals surface area contributed by atoms with Crippen LogP contribution in [0.1, 0.15) is 76.8 Å². The van der Waals surface area contributed by atoms with Gasteiger partial charge in [-0.05, 0) is 89.9 Å². The number of fused-ring (bicyclic) bond motifs is 1. The van der Waals surface area contributed by atoms with Gasteiger partial charge in [-0.25, -0.2) is 0 Å². The number of likely N-dealkylation sites (tertiary alicyclic amines) is 1. The molecule has 2 aliphatic carbocycles. The van der Waals surface area contributed by atoms with E-state index in [1.165, 1.54) is 43.4 Å². The van der Waals surface area contributed by atoms with Crippen molar-refractivity contribution in [2.45, 2.75) is 82.9 Å². The topological polar surface area (TPSA) is 65.7 Å². The average molecular weight is 413 g/mol. The monoisotopic (exact) mass is 412 g/mol. The Bertz CT molecular complexity index is 801. The van der Waals surface area contributed by atoms with E-state index in [4.69, 9.17) is 4.42 Å². The van der Waals surface area contributed by atoms with Crippen LogP contribution in [-0.2, 0) is 4.79 Å². The van der Waals surface area contributed by atoms with Crippen molar-refractivity contribution in [3.05, 3.63) is 36.1 Å². The first kappa shape index (κ1) is 21.4. The molecule has 2 fully saturated rings. The smallest absolute Gasteiger partial charge is 0.251 e. The highest BCUT2D eigenvalue weighted by molar-refractivity contribution is 5.84. The van der Waals surface area contributed by atoms with Gasteiger partial charge in [0.15, 0.2) is 0 Å². The normalized spacial score (nSPS) is 26.0. The second-order valence-electron chi connectivity index (χ2n) is 9.81. The van der Waals surface area contributed by atoms with Crippen LogP contribution in [0.2, 0.25) is 0 Å². The van der Waals surface area contributed by atoms with Gasteiger partial charge in [-0.15, -0.1) is 0 Å². The largest absolute Gasteiger partial charge is 0.464 e. The Morgan fingerprint density at radius 1 is 1.20 bits per heavy atom. The minimum atomic E-state index is -1.29. The maximum atomic E-state index is 12.0. The van der Waals surface area contributed by atoms with Crippen LogP contribution in [0, 0.1) is 5.92 Å². The van der Waals surface area contributed by atoms with Crippen LogP contribution in [-0.4, -0.2) is 40.6 Å². The van der Waals surface area contributed by atoms with Gasteiger partial charge in [0, 0.05) is 23.2 Å². The molecule has 1 atom stereocenters. The molecule has 0 radical (unpaired) electrons. The molecular formula is C25H36N2O3. The Balaban J connectivity index is 1.29. The van der Waals surface area contributed by atoms with Gasteiger partial charge >= 0.3 is 0 Å². The molecular weight excluding hydrogens is 376 g/mol. The average Bonchev–Trinajstić information content (AvgIpc) is 3.20. The first-order valence-corrected chi connectivity index (χ1v) is 11.6.